The van der Waals surface area contributed by atoms with E-state index in [0.717, 1.165) is 18.4 Å². The van der Waals surface area contributed by atoms with Gasteiger partial charge >= 0.3 is 0 Å². The van der Waals surface area contributed by atoms with Crippen LogP contribution in [-0.4, -0.2) is 59.3 Å². The first kappa shape index (κ1) is 20.9. The molecule has 1 saturated heterocycles. The highest BCUT2D eigenvalue weighted by Crippen LogP contribution is 2.22. The summed E-state index contributed by atoms with van der Waals surface area (Å²) in [5, 5.41) is 8.40. The zero-order valence-electron chi connectivity index (χ0n) is 15.9. The third-order valence-electron chi connectivity index (χ3n) is 4.69. The van der Waals surface area contributed by atoms with Crippen molar-refractivity contribution in [1.29, 1.82) is 0 Å². The van der Waals surface area contributed by atoms with E-state index in [9.17, 15) is 13.2 Å². The van der Waals surface area contributed by atoms with E-state index in [1.807, 2.05) is 30.3 Å². The van der Waals surface area contributed by atoms with Crippen molar-refractivity contribution in [3.63, 3.8) is 0 Å². The molecule has 1 aromatic heterocycles. The van der Waals surface area contributed by atoms with Crippen molar-refractivity contribution in [3.05, 3.63) is 41.8 Å². The lowest BCUT2D eigenvalue weighted by Crippen LogP contribution is -2.42. The summed E-state index contributed by atoms with van der Waals surface area (Å²) in [6.45, 7) is 2.63. The smallest absolute Gasteiger partial charge is 0.277 e. The number of aromatic nitrogens is 2. The van der Waals surface area contributed by atoms with Crippen LogP contribution < -0.4 is 0 Å². The monoisotopic (exact) mass is 423 g/mol. The number of nitrogens with zero attached hydrogens (tertiary/aromatic N) is 3. The standard InChI is InChI=1S/C19H25N3O4S2/c1-2-3-10-22(16-9-11-28(24,25)14-16)18(23)13-27-19-21-20-17(26-19)12-15-7-5-4-6-8-15/h4-8,16H,2-3,9-14H2,1H3. The summed E-state index contributed by atoms with van der Waals surface area (Å²) in [5.74, 6) is 0.809. The molecule has 2 aromatic rings. The van der Waals surface area contributed by atoms with Crippen LogP contribution >= 0.6 is 11.8 Å². The molecule has 0 bridgehead atoms. The number of hydrogen-bond acceptors (Lipinski definition) is 7. The fourth-order valence-electron chi connectivity index (χ4n) is 3.21. The molecule has 152 valence electrons. The van der Waals surface area contributed by atoms with Crippen molar-refractivity contribution in [1.82, 2.24) is 15.1 Å². The Hall–Kier alpha value is -1.87. The molecule has 1 aromatic carbocycles. The van der Waals surface area contributed by atoms with Crippen molar-refractivity contribution in [2.75, 3.05) is 23.8 Å². The van der Waals surface area contributed by atoms with Gasteiger partial charge < -0.3 is 9.32 Å². The predicted octanol–water partition coefficient (Wildman–Crippen LogP) is 2.57. The summed E-state index contributed by atoms with van der Waals surface area (Å²) in [5.41, 5.74) is 1.08. The molecule has 3 rings (SSSR count). The van der Waals surface area contributed by atoms with E-state index in [4.69, 9.17) is 4.42 Å². The van der Waals surface area contributed by atoms with Crippen LogP contribution in [0.2, 0.25) is 0 Å². The molecule has 1 atom stereocenters. The number of benzene rings is 1. The summed E-state index contributed by atoms with van der Waals surface area (Å²) in [7, 11) is -3.03. The van der Waals surface area contributed by atoms with Crippen molar-refractivity contribution in [2.45, 2.75) is 43.9 Å². The predicted molar refractivity (Wildman–Crippen MR) is 108 cm³/mol. The zero-order chi connectivity index (χ0) is 20.0. The van der Waals surface area contributed by atoms with E-state index < -0.39 is 9.84 Å². The molecular formula is C19H25N3O4S2. The quantitative estimate of drug-likeness (QED) is 0.572. The van der Waals surface area contributed by atoms with Gasteiger partial charge in [0.25, 0.3) is 5.22 Å². The Morgan fingerprint density at radius 3 is 2.75 bits per heavy atom. The van der Waals surface area contributed by atoms with Crippen molar-refractivity contribution < 1.29 is 17.6 Å². The first-order chi connectivity index (χ1) is 13.5. The number of sulfone groups is 1. The van der Waals surface area contributed by atoms with Gasteiger partial charge in [0.15, 0.2) is 9.84 Å². The van der Waals surface area contributed by atoms with Gasteiger partial charge in [0, 0.05) is 12.6 Å². The molecule has 1 fully saturated rings. The number of rotatable bonds is 9. The Morgan fingerprint density at radius 1 is 1.29 bits per heavy atom. The SMILES string of the molecule is CCCCN(C(=O)CSc1nnc(Cc2ccccc2)o1)C1CCS(=O)(=O)C1. The van der Waals surface area contributed by atoms with E-state index in [-0.39, 0.29) is 29.2 Å². The molecule has 2 heterocycles. The summed E-state index contributed by atoms with van der Waals surface area (Å²) >= 11 is 1.20. The molecule has 0 spiro atoms. The fourth-order valence-corrected chi connectivity index (χ4v) is 5.60. The molecule has 1 amide bonds. The van der Waals surface area contributed by atoms with Crippen LogP contribution in [0.25, 0.3) is 0 Å². The summed E-state index contributed by atoms with van der Waals surface area (Å²) in [4.78, 5) is 14.5. The number of unbranched alkanes of at least 4 members (excludes halogenated alkanes) is 1. The van der Waals surface area contributed by atoms with Crippen LogP contribution in [0.5, 0.6) is 0 Å². The number of carbonyl (C=O) groups is 1. The highest BCUT2D eigenvalue weighted by atomic mass is 32.2. The van der Waals surface area contributed by atoms with Crippen LogP contribution in [0.15, 0.2) is 40.0 Å². The zero-order valence-corrected chi connectivity index (χ0v) is 17.5. The Morgan fingerprint density at radius 2 is 2.07 bits per heavy atom. The fraction of sp³-hybridized carbons (Fsp3) is 0.526. The number of hydrogen-bond donors (Lipinski definition) is 0. The number of amides is 1. The molecule has 0 radical (unpaired) electrons. The molecule has 1 aliphatic heterocycles. The maximum absolute atomic E-state index is 12.7. The van der Waals surface area contributed by atoms with Gasteiger partial charge in [0.2, 0.25) is 11.8 Å². The largest absolute Gasteiger partial charge is 0.416 e. The summed E-state index contributed by atoms with van der Waals surface area (Å²) in [6, 6.07) is 9.61. The second-order valence-electron chi connectivity index (χ2n) is 6.91. The number of carbonyl (C=O) groups excluding carboxylic acids is 1. The van der Waals surface area contributed by atoms with Crippen LogP contribution in [0.3, 0.4) is 0 Å². The Bertz CT molecular complexity index is 884. The third kappa shape index (κ3) is 5.81. The normalized spacial score (nSPS) is 18.2. The highest BCUT2D eigenvalue weighted by Gasteiger charge is 2.34. The highest BCUT2D eigenvalue weighted by molar-refractivity contribution is 7.99. The maximum atomic E-state index is 12.7. The lowest BCUT2D eigenvalue weighted by Gasteiger charge is -2.28. The van der Waals surface area contributed by atoms with E-state index in [2.05, 4.69) is 17.1 Å². The van der Waals surface area contributed by atoms with E-state index in [1.54, 1.807) is 4.90 Å². The molecule has 0 aliphatic carbocycles. The molecule has 1 aliphatic rings. The average Bonchev–Trinajstić information content (AvgIpc) is 3.27. The Kier molecular flexibility index (Phi) is 7.12. The number of thioether (sulfide) groups is 1. The first-order valence-electron chi connectivity index (χ1n) is 9.46. The summed E-state index contributed by atoms with van der Waals surface area (Å²) < 4.78 is 29.2. The van der Waals surface area contributed by atoms with Gasteiger partial charge in [-0.3, -0.25) is 4.79 Å². The second-order valence-corrected chi connectivity index (χ2v) is 10.1. The van der Waals surface area contributed by atoms with Crippen molar-refractivity contribution in [3.8, 4) is 0 Å². The first-order valence-corrected chi connectivity index (χ1v) is 12.3. The van der Waals surface area contributed by atoms with Gasteiger partial charge in [-0.15, -0.1) is 10.2 Å². The lowest BCUT2D eigenvalue weighted by molar-refractivity contribution is -0.130. The van der Waals surface area contributed by atoms with Gasteiger partial charge in [0.1, 0.15) is 0 Å². The van der Waals surface area contributed by atoms with Crippen molar-refractivity contribution >= 4 is 27.5 Å². The van der Waals surface area contributed by atoms with Gasteiger partial charge in [-0.2, -0.15) is 0 Å². The van der Waals surface area contributed by atoms with Gasteiger partial charge in [-0.25, -0.2) is 8.42 Å². The molecular weight excluding hydrogens is 398 g/mol. The molecule has 9 heteroatoms. The minimum Gasteiger partial charge on any atom is -0.416 e. The minimum atomic E-state index is -3.03. The molecule has 7 nitrogen and oxygen atoms in total. The topological polar surface area (TPSA) is 93.4 Å². The van der Waals surface area contributed by atoms with E-state index >= 15 is 0 Å². The van der Waals surface area contributed by atoms with Gasteiger partial charge in [-0.1, -0.05) is 55.4 Å². The minimum absolute atomic E-state index is 0.0644. The maximum Gasteiger partial charge on any atom is 0.277 e. The molecule has 28 heavy (non-hydrogen) atoms. The Labute approximate surface area is 169 Å². The molecule has 0 N–H and O–H groups in total. The van der Waals surface area contributed by atoms with Gasteiger partial charge in [0.05, 0.1) is 23.7 Å². The molecule has 0 saturated carbocycles. The Balaban J connectivity index is 1.56. The van der Waals surface area contributed by atoms with Crippen LogP contribution in [0.4, 0.5) is 0 Å². The molecule has 1 unspecified atom stereocenters. The second kappa shape index (κ2) is 9.56. The third-order valence-corrected chi connectivity index (χ3v) is 7.24. The lowest BCUT2D eigenvalue weighted by atomic mass is 10.2. The van der Waals surface area contributed by atoms with Crippen LogP contribution in [-0.2, 0) is 21.1 Å². The van der Waals surface area contributed by atoms with E-state index in [1.165, 1.54) is 11.8 Å². The average molecular weight is 424 g/mol. The van der Waals surface area contributed by atoms with Crippen LogP contribution in [0, 0.1) is 0 Å². The van der Waals surface area contributed by atoms with E-state index in [0.29, 0.717) is 30.5 Å². The summed E-state index contributed by atoms with van der Waals surface area (Å²) in [6.07, 6.45) is 2.87. The van der Waals surface area contributed by atoms with Crippen LogP contribution in [0.1, 0.15) is 37.6 Å². The van der Waals surface area contributed by atoms with Gasteiger partial charge in [-0.05, 0) is 18.4 Å². The van der Waals surface area contributed by atoms with Crippen molar-refractivity contribution in [2.24, 2.45) is 0 Å².